The number of rotatable bonds is 5. The van der Waals surface area contributed by atoms with Crippen molar-refractivity contribution >= 4 is 38.7 Å². The van der Waals surface area contributed by atoms with Gasteiger partial charge >= 0.3 is 6.18 Å². The summed E-state index contributed by atoms with van der Waals surface area (Å²) in [4.78, 5) is 30.2. The van der Waals surface area contributed by atoms with Crippen LogP contribution in [-0.2, 0) is 17.5 Å². The third-order valence-electron chi connectivity index (χ3n) is 6.55. The van der Waals surface area contributed by atoms with Gasteiger partial charge in [0.05, 0.1) is 28.9 Å². The van der Waals surface area contributed by atoms with Crippen LogP contribution in [0.4, 0.5) is 19.0 Å². The van der Waals surface area contributed by atoms with E-state index in [1.54, 1.807) is 12.4 Å². The number of aromatic nitrogens is 5. The molecule has 38 heavy (non-hydrogen) atoms. The maximum Gasteiger partial charge on any atom is 0.416 e. The first kappa shape index (κ1) is 26.0. The Morgan fingerprint density at radius 2 is 1.92 bits per heavy atom. The van der Waals surface area contributed by atoms with E-state index in [9.17, 15) is 18.0 Å². The lowest BCUT2D eigenvalue weighted by molar-refractivity contribution is -0.137. The van der Waals surface area contributed by atoms with Crippen molar-refractivity contribution in [2.45, 2.75) is 25.7 Å². The van der Waals surface area contributed by atoms with Gasteiger partial charge in [-0.25, -0.2) is 14.6 Å². The summed E-state index contributed by atoms with van der Waals surface area (Å²) in [5.41, 5.74) is 1.95. The highest BCUT2D eigenvalue weighted by molar-refractivity contribution is 9.10. The number of carbonyl (C=O) groups excluding carboxylic acids is 1. The number of amides is 1. The van der Waals surface area contributed by atoms with Gasteiger partial charge in [-0.2, -0.15) is 13.2 Å². The number of hydrogen-bond acceptors (Lipinski definition) is 7. The average molecular weight is 589 g/mol. The molecule has 1 N–H and O–H groups in total. The number of fused-ring (bicyclic) bond motifs is 1. The summed E-state index contributed by atoms with van der Waals surface area (Å²) in [5.74, 6) is 0.495. The summed E-state index contributed by atoms with van der Waals surface area (Å²) in [6.45, 7) is 3.94. The van der Waals surface area contributed by atoms with Crippen molar-refractivity contribution in [3.63, 3.8) is 0 Å². The highest BCUT2D eigenvalue weighted by Gasteiger charge is 2.32. The van der Waals surface area contributed by atoms with E-state index in [2.05, 4.69) is 41.3 Å². The van der Waals surface area contributed by atoms with Crippen LogP contribution < -0.4 is 10.2 Å². The Kier molecular flexibility index (Phi) is 7.05. The smallest absolute Gasteiger partial charge is 0.353 e. The topological polar surface area (TPSA) is 92.1 Å². The van der Waals surface area contributed by atoms with Crippen molar-refractivity contribution in [2.75, 3.05) is 31.6 Å². The largest absolute Gasteiger partial charge is 0.416 e. The predicted molar refractivity (Wildman–Crippen MR) is 139 cm³/mol. The summed E-state index contributed by atoms with van der Waals surface area (Å²) in [5, 5.41) is 8.06. The molecule has 1 aromatic carbocycles. The normalized spacial score (nSPS) is 16.7. The van der Waals surface area contributed by atoms with E-state index in [0.29, 0.717) is 48.7 Å². The Morgan fingerprint density at radius 3 is 2.63 bits per heavy atom. The molecule has 1 unspecified atom stereocenters. The second kappa shape index (κ2) is 10.3. The number of likely N-dealkylation sites (N-methyl/N-ethyl adjacent to an activating group) is 1. The van der Waals surface area contributed by atoms with Gasteiger partial charge in [0, 0.05) is 36.5 Å². The Labute approximate surface area is 224 Å². The highest BCUT2D eigenvalue weighted by atomic mass is 79.9. The van der Waals surface area contributed by atoms with Gasteiger partial charge in [-0.1, -0.05) is 0 Å². The maximum atomic E-state index is 13.1. The number of piperazine rings is 1. The molecule has 0 spiro atoms. The number of halogens is 4. The van der Waals surface area contributed by atoms with Crippen molar-refractivity contribution < 1.29 is 18.0 Å². The molecule has 4 aromatic rings. The predicted octanol–water partition coefficient (Wildman–Crippen LogP) is 3.74. The zero-order chi connectivity index (χ0) is 27.0. The molecule has 1 atom stereocenters. The number of hydrogen-bond donors (Lipinski definition) is 1. The lowest BCUT2D eigenvalue weighted by Gasteiger charge is -2.39. The van der Waals surface area contributed by atoms with Gasteiger partial charge in [0.1, 0.15) is 18.2 Å². The quantitative estimate of drug-likeness (QED) is 0.380. The van der Waals surface area contributed by atoms with Crippen LogP contribution in [0.25, 0.3) is 16.7 Å². The monoisotopic (exact) mass is 588 g/mol. The van der Waals surface area contributed by atoms with Crippen LogP contribution in [0.2, 0.25) is 0 Å². The zero-order valence-corrected chi connectivity index (χ0v) is 22.2. The molecule has 1 amide bonds. The Balaban J connectivity index is 1.34. The van der Waals surface area contributed by atoms with Crippen LogP contribution >= 0.6 is 15.9 Å². The molecular weight excluding hydrogens is 565 g/mol. The fraction of sp³-hybridized carbons (Fsp3) is 0.320. The van der Waals surface area contributed by atoms with Gasteiger partial charge in [-0.05, 0) is 65.8 Å². The molecular formula is C25H24BrF3N8O. The van der Waals surface area contributed by atoms with Gasteiger partial charge in [0.25, 0.3) is 0 Å². The van der Waals surface area contributed by atoms with E-state index >= 15 is 0 Å². The molecule has 0 bridgehead atoms. The molecule has 1 fully saturated rings. The summed E-state index contributed by atoms with van der Waals surface area (Å²) >= 11 is 3.43. The molecule has 198 valence electrons. The first-order chi connectivity index (χ1) is 18.1. The van der Waals surface area contributed by atoms with Crippen molar-refractivity contribution in [1.82, 2.24) is 34.9 Å². The summed E-state index contributed by atoms with van der Waals surface area (Å²) in [7, 11) is 1.90. The van der Waals surface area contributed by atoms with Crippen LogP contribution in [0.15, 0.2) is 53.5 Å². The Hall–Kier alpha value is -3.58. The fourth-order valence-corrected chi connectivity index (χ4v) is 4.57. The SMILES string of the molecule is Cc1cc(CNC(=O)C2CN(c3ncnc4nn(-c5ccc(C(F)(F)F)cc5)cc34)CCN2C)ncc1Br. The van der Waals surface area contributed by atoms with E-state index in [0.717, 1.165) is 27.9 Å². The number of aryl methyl sites for hydroxylation is 1. The van der Waals surface area contributed by atoms with E-state index in [1.165, 1.54) is 23.1 Å². The first-order valence-electron chi connectivity index (χ1n) is 11.8. The molecule has 13 heteroatoms. The van der Waals surface area contributed by atoms with Crippen molar-refractivity contribution in [1.29, 1.82) is 0 Å². The molecule has 9 nitrogen and oxygen atoms in total. The molecule has 0 aliphatic carbocycles. The van der Waals surface area contributed by atoms with Crippen LogP contribution in [0.5, 0.6) is 0 Å². The lowest BCUT2D eigenvalue weighted by atomic mass is 10.1. The summed E-state index contributed by atoms with van der Waals surface area (Å²) in [6, 6.07) is 6.26. The third kappa shape index (κ3) is 5.34. The Morgan fingerprint density at radius 1 is 1.16 bits per heavy atom. The number of carbonyl (C=O) groups is 1. The van der Waals surface area contributed by atoms with Crippen LogP contribution in [0, 0.1) is 6.92 Å². The molecule has 3 aromatic heterocycles. The summed E-state index contributed by atoms with van der Waals surface area (Å²) < 4.78 is 41.2. The number of benzene rings is 1. The van der Waals surface area contributed by atoms with Gasteiger partial charge in [0.2, 0.25) is 5.91 Å². The standard InChI is InChI=1S/C25H24BrF3N8O/c1-15-9-17(30-11-20(15)26)10-31-24(38)21-13-36(8-7-35(21)2)23-19-12-37(34-22(19)32-14-33-23)18-5-3-16(4-6-18)25(27,28)29/h3-6,9,11-12,14,21H,7-8,10,13H2,1-2H3,(H,31,38). The van der Waals surface area contributed by atoms with Crippen molar-refractivity contribution in [2.24, 2.45) is 0 Å². The van der Waals surface area contributed by atoms with E-state index < -0.39 is 17.8 Å². The molecule has 1 aliphatic heterocycles. The molecule has 1 saturated heterocycles. The number of alkyl halides is 3. The number of anilines is 1. The molecule has 1 aliphatic rings. The van der Waals surface area contributed by atoms with E-state index in [1.807, 2.05) is 29.8 Å². The molecule has 0 radical (unpaired) electrons. The third-order valence-corrected chi connectivity index (χ3v) is 7.38. The Bertz CT molecular complexity index is 1470. The number of pyridine rings is 1. The number of nitrogens with one attached hydrogen (secondary N) is 1. The number of nitrogens with zero attached hydrogens (tertiary/aromatic N) is 7. The van der Waals surface area contributed by atoms with Crippen LogP contribution in [0.1, 0.15) is 16.8 Å². The van der Waals surface area contributed by atoms with Crippen molar-refractivity contribution in [3.8, 4) is 5.69 Å². The fourth-order valence-electron chi connectivity index (χ4n) is 4.35. The minimum Gasteiger partial charge on any atom is -0.353 e. The molecule has 4 heterocycles. The first-order valence-corrected chi connectivity index (χ1v) is 12.6. The second-order valence-electron chi connectivity index (χ2n) is 9.14. The second-order valence-corrected chi connectivity index (χ2v) is 9.99. The summed E-state index contributed by atoms with van der Waals surface area (Å²) in [6.07, 6.45) is 0.402. The maximum absolute atomic E-state index is 13.1. The molecule has 5 rings (SSSR count). The highest BCUT2D eigenvalue weighted by Crippen LogP contribution is 2.30. The zero-order valence-electron chi connectivity index (χ0n) is 20.6. The minimum atomic E-state index is -4.41. The van der Waals surface area contributed by atoms with E-state index in [-0.39, 0.29) is 5.91 Å². The van der Waals surface area contributed by atoms with Gasteiger partial charge in [-0.15, -0.1) is 5.10 Å². The van der Waals surface area contributed by atoms with Gasteiger partial charge in [0.15, 0.2) is 5.65 Å². The molecule has 0 saturated carbocycles. The lowest BCUT2D eigenvalue weighted by Crippen LogP contribution is -2.57. The van der Waals surface area contributed by atoms with E-state index in [4.69, 9.17) is 0 Å². The van der Waals surface area contributed by atoms with Crippen molar-refractivity contribution in [3.05, 3.63) is 70.3 Å². The van der Waals surface area contributed by atoms with Gasteiger partial charge < -0.3 is 10.2 Å². The minimum absolute atomic E-state index is 0.120. The van der Waals surface area contributed by atoms with Crippen LogP contribution in [-0.4, -0.2) is 68.3 Å². The van der Waals surface area contributed by atoms with Crippen LogP contribution in [0.3, 0.4) is 0 Å². The average Bonchev–Trinajstić information content (AvgIpc) is 3.34. The van der Waals surface area contributed by atoms with Gasteiger partial charge in [-0.3, -0.25) is 14.7 Å².